The molecule has 0 aliphatic heterocycles. The van der Waals surface area contributed by atoms with Crippen LogP contribution >= 0.6 is 0 Å². The number of carbonyl (C=O) groups is 1. The molecule has 7 heteroatoms. The molecule has 0 radical (unpaired) electrons. The lowest BCUT2D eigenvalue weighted by Crippen LogP contribution is -2.31. The van der Waals surface area contributed by atoms with Crippen LogP contribution in [-0.2, 0) is 17.9 Å². The van der Waals surface area contributed by atoms with Crippen LogP contribution in [-0.4, -0.2) is 20.7 Å². The first-order valence-electron chi connectivity index (χ1n) is 8.25. The molecule has 0 spiro atoms. The van der Waals surface area contributed by atoms with Crippen LogP contribution in [0.1, 0.15) is 12.5 Å². The third kappa shape index (κ3) is 4.44. The third-order valence-electron chi connectivity index (χ3n) is 3.81. The minimum atomic E-state index is -0.471. The van der Waals surface area contributed by atoms with Gasteiger partial charge in [0, 0.05) is 30.7 Å². The molecule has 2 aromatic heterocycles. The highest BCUT2D eigenvalue weighted by Crippen LogP contribution is 2.25. The molecule has 0 saturated heterocycles. The molecule has 134 valence electrons. The number of rotatable bonds is 7. The molecular weight excluding hydrogens is 335 g/mol. The van der Waals surface area contributed by atoms with E-state index < -0.39 is 5.82 Å². The van der Waals surface area contributed by atoms with E-state index in [1.165, 1.54) is 12.1 Å². The molecule has 0 saturated carbocycles. The highest BCUT2D eigenvalue weighted by atomic mass is 19.1. The standard InChI is InChI=1S/C19H19FN4O2/c1-14(13-24-11-5-10-23-24)18(25)22-12-15-6-4-9-21-19(15)26-17-8-3-2-7-16(17)20/h2-11,14H,12-13H2,1H3,(H,22,25). The number of hydrogen-bond acceptors (Lipinski definition) is 4. The minimum absolute atomic E-state index is 0.0887. The van der Waals surface area contributed by atoms with Crippen LogP contribution in [0, 0.1) is 11.7 Å². The summed E-state index contributed by atoms with van der Waals surface area (Å²) in [6.07, 6.45) is 5.04. The Hall–Kier alpha value is -3.22. The Morgan fingerprint density at radius 1 is 1.23 bits per heavy atom. The Bertz CT molecular complexity index is 867. The number of amides is 1. The monoisotopic (exact) mass is 354 g/mol. The lowest BCUT2D eigenvalue weighted by atomic mass is 10.1. The fraction of sp³-hybridized carbons (Fsp3) is 0.211. The Morgan fingerprint density at radius 3 is 2.85 bits per heavy atom. The van der Waals surface area contributed by atoms with E-state index in [1.54, 1.807) is 41.3 Å². The van der Waals surface area contributed by atoms with Crippen LogP contribution in [0.3, 0.4) is 0 Å². The van der Waals surface area contributed by atoms with E-state index in [0.717, 1.165) is 0 Å². The molecular formula is C19H19FN4O2. The first kappa shape index (κ1) is 17.6. The topological polar surface area (TPSA) is 69.0 Å². The van der Waals surface area contributed by atoms with E-state index >= 15 is 0 Å². The van der Waals surface area contributed by atoms with Crippen molar-refractivity contribution in [2.24, 2.45) is 5.92 Å². The van der Waals surface area contributed by atoms with Gasteiger partial charge in [0.25, 0.3) is 0 Å². The number of carbonyl (C=O) groups excluding carboxylic acids is 1. The second-order valence-corrected chi connectivity index (χ2v) is 5.85. The third-order valence-corrected chi connectivity index (χ3v) is 3.81. The summed E-state index contributed by atoms with van der Waals surface area (Å²) in [6, 6.07) is 11.4. The number of pyridine rings is 1. The van der Waals surface area contributed by atoms with Gasteiger partial charge in [0.2, 0.25) is 11.8 Å². The average molecular weight is 354 g/mol. The van der Waals surface area contributed by atoms with Crippen LogP contribution < -0.4 is 10.1 Å². The van der Waals surface area contributed by atoms with E-state index in [0.29, 0.717) is 12.1 Å². The minimum Gasteiger partial charge on any atom is -0.436 e. The first-order valence-corrected chi connectivity index (χ1v) is 8.25. The molecule has 0 fully saturated rings. The summed E-state index contributed by atoms with van der Waals surface area (Å²) in [7, 11) is 0. The average Bonchev–Trinajstić information content (AvgIpc) is 3.15. The van der Waals surface area contributed by atoms with Gasteiger partial charge in [-0.15, -0.1) is 0 Å². The molecule has 2 heterocycles. The summed E-state index contributed by atoms with van der Waals surface area (Å²) < 4.78 is 21.1. The van der Waals surface area contributed by atoms with Crippen LogP contribution in [0.15, 0.2) is 61.1 Å². The van der Waals surface area contributed by atoms with Gasteiger partial charge in [-0.1, -0.05) is 25.1 Å². The summed E-state index contributed by atoms with van der Waals surface area (Å²) in [5.41, 5.74) is 0.662. The van der Waals surface area contributed by atoms with Gasteiger partial charge in [-0.05, 0) is 24.3 Å². The molecule has 0 bridgehead atoms. The van der Waals surface area contributed by atoms with E-state index in [4.69, 9.17) is 4.74 Å². The molecule has 1 unspecified atom stereocenters. The van der Waals surface area contributed by atoms with Gasteiger partial charge in [0.15, 0.2) is 11.6 Å². The molecule has 1 amide bonds. The summed E-state index contributed by atoms with van der Waals surface area (Å²) in [4.78, 5) is 16.4. The number of nitrogens with one attached hydrogen (secondary N) is 1. The van der Waals surface area contributed by atoms with E-state index in [-0.39, 0.29) is 30.0 Å². The van der Waals surface area contributed by atoms with Crippen molar-refractivity contribution in [1.82, 2.24) is 20.1 Å². The van der Waals surface area contributed by atoms with Crippen molar-refractivity contribution in [3.63, 3.8) is 0 Å². The number of hydrogen-bond donors (Lipinski definition) is 1. The van der Waals surface area contributed by atoms with Crippen molar-refractivity contribution in [2.75, 3.05) is 0 Å². The molecule has 0 aliphatic carbocycles. The normalized spacial score (nSPS) is 11.8. The molecule has 6 nitrogen and oxygen atoms in total. The van der Waals surface area contributed by atoms with E-state index in [2.05, 4.69) is 15.4 Å². The summed E-state index contributed by atoms with van der Waals surface area (Å²) >= 11 is 0. The maximum atomic E-state index is 13.8. The maximum absolute atomic E-state index is 13.8. The number of ether oxygens (including phenoxy) is 1. The quantitative estimate of drug-likeness (QED) is 0.708. The largest absolute Gasteiger partial charge is 0.436 e. The molecule has 1 atom stereocenters. The lowest BCUT2D eigenvalue weighted by molar-refractivity contribution is -0.125. The van der Waals surface area contributed by atoms with Gasteiger partial charge in [0.05, 0.1) is 12.5 Å². The zero-order valence-electron chi connectivity index (χ0n) is 14.3. The van der Waals surface area contributed by atoms with Crippen molar-refractivity contribution in [3.05, 3.63) is 72.4 Å². The van der Waals surface area contributed by atoms with Crippen LogP contribution in [0.4, 0.5) is 4.39 Å². The SMILES string of the molecule is CC(Cn1cccn1)C(=O)NCc1cccnc1Oc1ccccc1F. The fourth-order valence-corrected chi connectivity index (χ4v) is 2.41. The Balaban J connectivity index is 1.63. The van der Waals surface area contributed by atoms with Gasteiger partial charge in [-0.2, -0.15) is 5.10 Å². The number of aromatic nitrogens is 3. The maximum Gasteiger partial charge on any atom is 0.224 e. The number of nitrogens with zero attached hydrogens (tertiary/aromatic N) is 3. The molecule has 1 N–H and O–H groups in total. The second-order valence-electron chi connectivity index (χ2n) is 5.85. The lowest BCUT2D eigenvalue weighted by Gasteiger charge is -2.14. The van der Waals surface area contributed by atoms with E-state index in [1.807, 2.05) is 19.2 Å². The van der Waals surface area contributed by atoms with Crippen molar-refractivity contribution in [2.45, 2.75) is 20.0 Å². The smallest absolute Gasteiger partial charge is 0.224 e. The molecule has 3 rings (SSSR count). The van der Waals surface area contributed by atoms with Crippen molar-refractivity contribution < 1.29 is 13.9 Å². The first-order chi connectivity index (χ1) is 12.6. The van der Waals surface area contributed by atoms with Crippen molar-refractivity contribution >= 4 is 5.91 Å². The van der Waals surface area contributed by atoms with Crippen molar-refractivity contribution in [3.8, 4) is 11.6 Å². The fourth-order valence-electron chi connectivity index (χ4n) is 2.41. The van der Waals surface area contributed by atoms with Gasteiger partial charge in [-0.3, -0.25) is 9.48 Å². The molecule has 0 aliphatic rings. The zero-order valence-corrected chi connectivity index (χ0v) is 14.3. The van der Waals surface area contributed by atoms with Gasteiger partial charge < -0.3 is 10.1 Å². The Kier molecular flexibility index (Phi) is 5.58. The highest BCUT2D eigenvalue weighted by Gasteiger charge is 2.15. The number of benzene rings is 1. The number of halogens is 1. The molecule has 3 aromatic rings. The molecule has 26 heavy (non-hydrogen) atoms. The van der Waals surface area contributed by atoms with E-state index in [9.17, 15) is 9.18 Å². The Morgan fingerprint density at radius 2 is 2.08 bits per heavy atom. The van der Waals surface area contributed by atoms with Gasteiger partial charge in [0.1, 0.15) is 0 Å². The summed E-state index contributed by atoms with van der Waals surface area (Å²) in [6.45, 7) is 2.56. The van der Waals surface area contributed by atoms with Crippen LogP contribution in [0.5, 0.6) is 11.6 Å². The predicted molar refractivity (Wildman–Crippen MR) is 93.9 cm³/mol. The summed E-state index contributed by atoms with van der Waals surface area (Å²) in [5.74, 6) is -0.479. The predicted octanol–water partition coefficient (Wildman–Crippen LogP) is 3.16. The second kappa shape index (κ2) is 8.24. The van der Waals surface area contributed by atoms with Crippen LogP contribution in [0.2, 0.25) is 0 Å². The van der Waals surface area contributed by atoms with Gasteiger partial charge >= 0.3 is 0 Å². The number of para-hydroxylation sites is 1. The zero-order chi connectivity index (χ0) is 18.4. The summed E-state index contributed by atoms with van der Waals surface area (Å²) in [5, 5.41) is 6.96. The van der Waals surface area contributed by atoms with Crippen LogP contribution in [0.25, 0.3) is 0 Å². The Labute approximate surface area is 150 Å². The highest BCUT2D eigenvalue weighted by molar-refractivity contribution is 5.78. The molecule has 1 aromatic carbocycles. The van der Waals surface area contributed by atoms with Gasteiger partial charge in [-0.25, -0.2) is 9.37 Å². The van der Waals surface area contributed by atoms with Crippen molar-refractivity contribution in [1.29, 1.82) is 0 Å².